The summed E-state index contributed by atoms with van der Waals surface area (Å²) in [5.41, 5.74) is 1.14. The number of anilines is 2. The lowest BCUT2D eigenvalue weighted by Crippen LogP contribution is -2.43. The van der Waals surface area contributed by atoms with E-state index in [9.17, 15) is 0 Å². The van der Waals surface area contributed by atoms with E-state index in [2.05, 4.69) is 39.5 Å². The van der Waals surface area contributed by atoms with Gasteiger partial charge in [0.2, 0.25) is 0 Å². The van der Waals surface area contributed by atoms with Crippen LogP contribution in [0.15, 0.2) is 30.5 Å². The second kappa shape index (κ2) is 5.09. The van der Waals surface area contributed by atoms with Crippen LogP contribution in [0.2, 0.25) is 0 Å². The molecule has 106 valence electrons. The van der Waals surface area contributed by atoms with Gasteiger partial charge in [0.05, 0.1) is 25.1 Å². The molecule has 1 aromatic heterocycles. The number of fused-ring (bicyclic) bond motifs is 1. The summed E-state index contributed by atoms with van der Waals surface area (Å²) in [7, 11) is 0. The summed E-state index contributed by atoms with van der Waals surface area (Å²) in [6.07, 6.45) is 9.24. The van der Waals surface area contributed by atoms with Gasteiger partial charge in [-0.15, -0.1) is 0 Å². The Kier molecular flexibility index (Phi) is 3.11. The molecule has 0 spiro atoms. The van der Waals surface area contributed by atoms with Gasteiger partial charge in [-0.1, -0.05) is 12.2 Å². The number of rotatable bonds is 3. The van der Waals surface area contributed by atoms with Crippen LogP contribution in [0.25, 0.3) is 0 Å². The Labute approximate surface area is 119 Å². The Morgan fingerprint density at radius 3 is 2.90 bits per heavy atom. The molecular weight excluding hydrogens is 250 g/mol. The maximum absolute atomic E-state index is 5.37. The van der Waals surface area contributed by atoms with Crippen molar-refractivity contribution in [3.05, 3.63) is 30.5 Å². The molecule has 20 heavy (non-hydrogen) atoms. The molecule has 1 saturated carbocycles. The molecule has 3 atom stereocenters. The van der Waals surface area contributed by atoms with Gasteiger partial charge in [-0.3, -0.25) is 0 Å². The average molecular weight is 271 g/mol. The van der Waals surface area contributed by atoms with Gasteiger partial charge in [0.1, 0.15) is 5.82 Å². The SMILES string of the molecule is C1=CC2C(C1)CC2Nc1ccc(N2CCOCC2)nc1. The molecule has 4 rings (SSSR count). The maximum Gasteiger partial charge on any atom is 0.128 e. The van der Waals surface area contributed by atoms with Crippen molar-refractivity contribution in [2.45, 2.75) is 18.9 Å². The van der Waals surface area contributed by atoms with Gasteiger partial charge in [0, 0.05) is 25.0 Å². The highest BCUT2D eigenvalue weighted by Crippen LogP contribution is 2.44. The maximum atomic E-state index is 5.37. The molecule has 3 aliphatic rings. The fourth-order valence-electron chi connectivity index (χ4n) is 3.55. The second-order valence-corrected chi connectivity index (χ2v) is 5.99. The Morgan fingerprint density at radius 2 is 2.15 bits per heavy atom. The van der Waals surface area contributed by atoms with Crippen molar-refractivity contribution in [1.82, 2.24) is 4.98 Å². The van der Waals surface area contributed by atoms with Gasteiger partial charge in [-0.25, -0.2) is 4.98 Å². The summed E-state index contributed by atoms with van der Waals surface area (Å²) in [4.78, 5) is 6.87. The normalized spacial score (nSPS) is 31.8. The van der Waals surface area contributed by atoms with Gasteiger partial charge in [-0.05, 0) is 30.9 Å². The summed E-state index contributed by atoms with van der Waals surface area (Å²) in [5, 5.41) is 3.62. The third kappa shape index (κ3) is 2.18. The molecule has 4 heteroatoms. The minimum atomic E-state index is 0.606. The van der Waals surface area contributed by atoms with E-state index in [-0.39, 0.29) is 0 Å². The zero-order chi connectivity index (χ0) is 13.4. The standard InChI is InChI=1S/C16H21N3O/c1-2-12-10-15(14(12)3-1)18-13-4-5-16(17-11-13)19-6-8-20-9-7-19/h1,3-5,11-12,14-15,18H,2,6-10H2. The highest BCUT2D eigenvalue weighted by atomic mass is 16.5. The first kappa shape index (κ1) is 12.2. The molecule has 4 nitrogen and oxygen atoms in total. The van der Waals surface area contributed by atoms with Crippen LogP contribution >= 0.6 is 0 Å². The minimum Gasteiger partial charge on any atom is -0.380 e. The van der Waals surface area contributed by atoms with Crippen molar-refractivity contribution in [2.75, 3.05) is 36.5 Å². The molecule has 0 bridgehead atoms. The van der Waals surface area contributed by atoms with Gasteiger partial charge in [-0.2, -0.15) is 0 Å². The first-order chi connectivity index (χ1) is 9.90. The molecule has 1 aliphatic heterocycles. The van der Waals surface area contributed by atoms with Crippen LogP contribution in [0.1, 0.15) is 12.8 Å². The van der Waals surface area contributed by atoms with Gasteiger partial charge >= 0.3 is 0 Å². The van der Waals surface area contributed by atoms with Crippen LogP contribution in [-0.4, -0.2) is 37.3 Å². The lowest BCUT2D eigenvalue weighted by molar-refractivity contribution is 0.122. The van der Waals surface area contributed by atoms with Crippen molar-refractivity contribution in [3.63, 3.8) is 0 Å². The zero-order valence-corrected chi connectivity index (χ0v) is 11.7. The topological polar surface area (TPSA) is 37.4 Å². The predicted octanol–water partition coefficient (Wildman–Crippen LogP) is 2.29. The smallest absolute Gasteiger partial charge is 0.128 e. The third-order valence-electron chi connectivity index (χ3n) is 4.80. The monoisotopic (exact) mass is 271 g/mol. The lowest BCUT2D eigenvalue weighted by Gasteiger charge is -2.41. The molecular formula is C16H21N3O. The van der Waals surface area contributed by atoms with Crippen molar-refractivity contribution in [2.24, 2.45) is 11.8 Å². The van der Waals surface area contributed by atoms with Crippen LogP contribution < -0.4 is 10.2 Å². The number of nitrogens with one attached hydrogen (secondary N) is 1. The summed E-state index contributed by atoms with van der Waals surface area (Å²) < 4.78 is 5.37. The van der Waals surface area contributed by atoms with E-state index in [4.69, 9.17) is 4.74 Å². The second-order valence-electron chi connectivity index (χ2n) is 5.99. The molecule has 2 fully saturated rings. The minimum absolute atomic E-state index is 0.606. The number of nitrogens with zero attached hydrogens (tertiary/aromatic N) is 2. The Balaban J connectivity index is 1.38. The van der Waals surface area contributed by atoms with Crippen molar-refractivity contribution >= 4 is 11.5 Å². The molecule has 1 N–H and O–H groups in total. The summed E-state index contributed by atoms with van der Waals surface area (Å²) in [6, 6.07) is 4.88. The van der Waals surface area contributed by atoms with Gasteiger partial charge in [0.15, 0.2) is 0 Å². The van der Waals surface area contributed by atoms with E-state index in [0.29, 0.717) is 6.04 Å². The zero-order valence-electron chi connectivity index (χ0n) is 11.7. The number of allylic oxidation sites excluding steroid dienone is 1. The number of aromatic nitrogens is 1. The number of hydrogen-bond donors (Lipinski definition) is 1. The van der Waals surface area contributed by atoms with Crippen LogP contribution in [0.5, 0.6) is 0 Å². The van der Waals surface area contributed by atoms with Gasteiger partial charge in [0.25, 0.3) is 0 Å². The average Bonchev–Trinajstić information content (AvgIpc) is 2.88. The first-order valence-corrected chi connectivity index (χ1v) is 7.62. The van der Waals surface area contributed by atoms with Crippen molar-refractivity contribution < 1.29 is 4.74 Å². The molecule has 1 aromatic rings. The largest absolute Gasteiger partial charge is 0.380 e. The number of ether oxygens (including phenoxy) is 1. The summed E-state index contributed by atoms with van der Waals surface area (Å²) in [6.45, 7) is 3.49. The van der Waals surface area contributed by atoms with E-state index >= 15 is 0 Å². The quantitative estimate of drug-likeness (QED) is 0.856. The number of hydrogen-bond acceptors (Lipinski definition) is 4. The molecule has 0 amide bonds. The molecule has 0 radical (unpaired) electrons. The van der Waals surface area contributed by atoms with Crippen LogP contribution in [-0.2, 0) is 4.74 Å². The van der Waals surface area contributed by atoms with E-state index in [1.54, 1.807) is 0 Å². The Hall–Kier alpha value is -1.55. The van der Waals surface area contributed by atoms with E-state index in [0.717, 1.165) is 49.6 Å². The third-order valence-corrected chi connectivity index (χ3v) is 4.80. The van der Waals surface area contributed by atoms with Gasteiger partial charge < -0.3 is 15.0 Å². The predicted molar refractivity (Wildman–Crippen MR) is 80.0 cm³/mol. The number of morpholine rings is 1. The highest BCUT2D eigenvalue weighted by molar-refractivity contribution is 5.50. The Morgan fingerprint density at radius 1 is 1.25 bits per heavy atom. The summed E-state index contributed by atoms with van der Waals surface area (Å²) in [5.74, 6) is 2.70. The van der Waals surface area contributed by atoms with Crippen LogP contribution in [0.4, 0.5) is 11.5 Å². The highest BCUT2D eigenvalue weighted by Gasteiger charge is 2.40. The summed E-state index contributed by atoms with van der Waals surface area (Å²) >= 11 is 0. The van der Waals surface area contributed by atoms with Crippen LogP contribution in [0, 0.1) is 11.8 Å². The molecule has 2 heterocycles. The van der Waals surface area contributed by atoms with E-state index < -0.39 is 0 Å². The molecule has 0 aromatic carbocycles. The lowest BCUT2D eigenvalue weighted by atomic mass is 9.71. The number of pyridine rings is 1. The first-order valence-electron chi connectivity index (χ1n) is 7.62. The molecule has 1 saturated heterocycles. The van der Waals surface area contributed by atoms with Crippen LogP contribution in [0.3, 0.4) is 0 Å². The fraction of sp³-hybridized carbons (Fsp3) is 0.562. The van der Waals surface area contributed by atoms with E-state index in [1.165, 1.54) is 12.8 Å². The Bertz CT molecular complexity index is 493. The van der Waals surface area contributed by atoms with E-state index in [1.807, 2.05) is 6.20 Å². The molecule has 3 unspecified atom stereocenters. The fourth-order valence-corrected chi connectivity index (χ4v) is 3.55. The molecule has 2 aliphatic carbocycles. The van der Waals surface area contributed by atoms with Crippen molar-refractivity contribution in [3.8, 4) is 0 Å². The van der Waals surface area contributed by atoms with Crippen molar-refractivity contribution in [1.29, 1.82) is 0 Å².